The third-order valence-corrected chi connectivity index (χ3v) is 3.11. The summed E-state index contributed by atoms with van der Waals surface area (Å²) in [6.45, 7) is 1.91. The van der Waals surface area contributed by atoms with Crippen LogP contribution in [0.3, 0.4) is 0 Å². The number of rotatable bonds is 3. The number of nitrogens with one attached hydrogen (secondary N) is 1. The van der Waals surface area contributed by atoms with E-state index in [1.165, 1.54) is 13.2 Å². The molecule has 2 nitrogen and oxygen atoms in total. The van der Waals surface area contributed by atoms with Gasteiger partial charge in [0.15, 0.2) is 11.6 Å². The Balaban J connectivity index is 2.29. The Morgan fingerprint density at radius 1 is 1.22 bits per heavy atom. The summed E-state index contributed by atoms with van der Waals surface area (Å²) >= 11 is 6.02. The Morgan fingerprint density at radius 2 is 2.00 bits per heavy atom. The molecule has 94 valence electrons. The summed E-state index contributed by atoms with van der Waals surface area (Å²) < 4.78 is 18.4. The lowest BCUT2D eigenvalue weighted by atomic mass is 10.2. The van der Waals surface area contributed by atoms with Gasteiger partial charge >= 0.3 is 0 Å². The van der Waals surface area contributed by atoms with E-state index in [1.54, 1.807) is 12.1 Å². The molecule has 2 aromatic carbocycles. The quantitative estimate of drug-likeness (QED) is 0.880. The van der Waals surface area contributed by atoms with Gasteiger partial charge < -0.3 is 10.1 Å². The molecule has 0 aliphatic rings. The van der Waals surface area contributed by atoms with Crippen molar-refractivity contribution in [1.29, 1.82) is 0 Å². The van der Waals surface area contributed by atoms with E-state index >= 15 is 0 Å². The largest absolute Gasteiger partial charge is 0.494 e. The van der Waals surface area contributed by atoms with Crippen molar-refractivity contribution in [2.24, 2.45) is 0 Å². The summed E-state index contributed by atoms with van der Waals surface area (Å²) in [6.07, 6.45) is 0. The van der Waals surface area contributed by atoms with Crippen molar-refractivity contribution in [2.45, 2.75) is 6.92 Å². The minimum atomic E-state index is -0.401. The summed E-state index contributed by atoms with van der Waals surface area (Å²) in [4.78, 5) is 0. The zero-order chi connectivity index (χ0) is 13.1. The van der Waals surface area contributed by atoms with Gasteiger partial charge in [0, 0.05) is 22.5 Å². The zero-order valence-electron chi connectivity index (χ0n) is 10.1. The van der Waals surface area contributed by atoms with E-state index in [1.807, 2.05) is 25.1 Å². The minimum absolute atomic E-state index is 0.225. The smallest absolute Gasteiger partial charge is 0.167 e. The molecule has 0 spiro atoms. The number of methoxy groups -OCH3 is 1. The van der Waals surface area contributed by atoms with Crippen molar-refractivity contribution >= 4 is 23.0 Å². The third kappa shape index (κ3) is 2.57. The lowest BCUT2D eigenvalue weighted by molar-refractivity contribution is 0.386. The first-order valence-electron chi connectivity index (χ1n) is 5.47. The Kier molecular flexibility index (Phi) is 3.72. The zero-order valence-corrected chi connectivity index (χ0v) is 10.9. The number of anilines is 2. The minimum Gasteiger partial charge on any atom is -0.494 e. The van der Waals surface area contributed by atoms with Crippen LogP contribution in [0.15, 0.2) is 36.4 Å². The normalized spacial score (nSPS) is 10.2. The molecule has 0 radical (unpaired) electrons. The molecule has 2 aromatic rings. The summed E-state index contributed by atoms with van der Waals surface area (Å²) in [5, 5.41) is 3.80. The van der Waals surface area contributed by atoms with Crippen LogP contribution < -0.4 is 10.1 Å². The van der Waals surface area contributed by atoms with Gasteiger partial charge in [-0.05, 0) is 36.8 Å². The van der Waals surface area contributed by atoms with E-state index in [4.69, 9.17) is 16.3 Å². The van der Waals surface area contributed by atoms with E-state index in [2.05, 4.69) is 5.32 Å². The monoisotopic (exact) mass is 265 g/mol. The van der Waals surface area contributed by atoms with Crippen molar-refractivity contribution < 1.29 is 9.13 Å². The van der Waals surface area contributed by atoms with Crippen molar-refractivity contribution in [1.82, 2.24) is 0 Å². The highest BCUT2D eigenvalue weighted by atomic mass is 35.5. The average Bonchev–Trinajstić information content (AvgIpc) is 2.35. The van der Waals surface area contributed by atoms with Gasteiger partial charge in [-0.15, -0.1) is 0 Å². The highest BCUT2D eigenvalue weighted by Gasteiger charge is 2.06. The Bertz CT molecular complexity index is 572. The van der Waals surface area contributed by atoms with Crippen LogP contribution in [0.5, 0.6) is 5.75 Å². The molecule has 1 N–H and O–H groups in total. The van der Waals surface area contributed by atoms with Gasteiger partial charge in [-0.25, -0.2) is 4.39 Å². The molecule has 0 amide bonds. The molecule has 0 unspecified atom stereocenters. The predicted molar refractivity (Wildman–Crippen MR) is 72.4 cm³/mol. The molecule has 18 heavy (non-hydrogen) atoms. The molecular weight excluding hydrogens is 253 g/mol. The van der Waals surface area contributed by atoms with E-state index in [0.717, 1.165) is 11.3 Å². The maximum atomic E-state index is 13.5. The van der Waals surface area contributed by atoms with Crippen LogP contribution >= 0.6 is 11.6 Å². The van der Waals surface area contributed by atoms with Crippen LogP contribution in [0.25, 0.3) is 0 Å². The summed E-state index contributed by atoms with van der Waals surface area (Å²) in [6, 6.07) is 10.3. The maximum Gasteiger partial charge on any atom is 0.167 e. The van der Waals surface area contributed by atoms with E-state index in [9.17, 15) is 4.39 Å². The summed E-state index contributed by atoms with van der Waals surface area (Å²) in [7, 11) is 1.44. The second-order valence-corrected chi connectivity index (χ2v) is 4.29. The standard InChI is InChI=1S/C14H13ClFNO/c1-9-11(15)4-3-5-13(9)17-10-6-7-14(18-2)12(16)8-10/h3-8,17H,1-2H3. The number of hydrogen-bond acceptors (Lipinski definition) is 2. The van der Waals surface area contributed by atoms with Crippen LogP contribution in [0.4, 0.5) is 15.8 Å². The Labute approximate surface area is 110 Å². The number of ether oxygens (including phenoxy) is 1. The predicted octanol–water partition coefficient (Wildman–Crippen LogP) is 4.54. The van der Waals surface area contributed by atoms with Crippen LogP contribution in [0, 0.1) is 12.7 Å². The number of benzene rings is 2. The van der Waals surface area contributed by atoms with Crippen molar-refractivity contribution in [3.05, 3.63) is 52.8 Å². The third-order valence-electron chi connectivity index (χ3n) is 2.70. The summed E-state index contributed by atoms with van der Waals surface area (Å²) in [5.41, 5.74) is 2.43. The lowest BCUT2D eigenvalue weighted by Crippen LogP contribution is -1.95. The first-order valence-corrected chi connectivity index (χ1v) is 5.85. The molecule has 0 bridgehead atoms. The van der Waals surface area contributed by atoms with Crippen LogP contribution in [0.2, 0.25) is 5.02 Å². The van der Waals surface area contributed by atoms with Crippen molar-refractivity contribution in [3.63, 3.8) is 0 Å². The van der Waals surface area contributed by atoms with Gasteiger partial charge in [-0.3, -0.25) is 0 Å². The second-order valence-electron chi connectivity index (χ2n) is 3.89. The van der Waals surface area contributed by atoms with E-state index in [-0.39, 0.29) is 5.75 Å². The fourth-order valence-corrected chi connectivity index (χ4v) is 1.82. The van der Waals surface area contributed by atoms with E-state index < -0.39 is 5.82 Å². The highest BCUT2D eigenvalue weighted by Crippen LogP contribution is 2.28. The Morgan fingerprint density at radius 3 is 2.67 bits per heavy atom. The molecule has 0 aliphatic heterocycles. The van der Waals surface area contributed by atoms with Crippen LogP contribution in [-0.2, 0) is 0 Å². The SMILES string of the molecule is COc1ccc(Nc2cccc(Cl)c2C)cc1F. The molecule has 0 aliphatic carbocycles. The highest BCUT2D eigenvalue weighted by molar-refractivity contribution is 6.31. The van der Waals surface area contributed by atoms with Gasteiger partial charge in [0.2, 0.25) is 0 Å². The fraction of sp³-hybridized carbons (Fsp3) is 0.143. The molecule has 0 fully saturated rings. The Hall–Kier alpha value is -1.74. The lowest BCUT2D eigenvalue weighted by Gasteiger charge is -2.11. The first kappa shape index (κ1) is 12.7. The molecule has 0 saturated carbocycles. The van der Waals surface area contributed by atoms with Gasteiger partial charge in [0.1, 0.15) is 0 Å². The van der Waals surface area contributed by atoms with Gasteiger partial charge in [0.25, 0.3) is 0 Å². The van der Waals surface area contributed by atoms with Gasteiger partial charge in [-0.2, -0.15) is 0 Å². The second kappa shape index (κ2) is 5.27. The topological polar surface area (TPSA) is 21.3 Å². The molecule has 0 atom stereocenters. The number of hydrogen-bond donors (Lipinski definition) is 1. The van der Waals surface area contributed by atoms with Gasteiger partial charge in [-0.1, -0.05) is 17.7 Å². The maximum absolute atomic E-state index is 13.5. The molecular formula is C14H13ClFNO. The molecule has 0 heterocycles. The summed E-state index contributed by atoms with van der Waals surface area (Å²) in [5.74, 6) is -0.175. The molecule has 4 heteroatoms. The fourth-order valence-electron chi connectivity index (χ4n) is 1.64. The van der Waals surface area contributed by atoms with Crippen LogP contribution in [-0.4, -0.2) is 7.11 Å². The van der Waals surface area contributed by atoms with Crippen molar-refractivity contribution in [2.75, 3.05) is 12.4 Å². The molecule has 0 saturated heterocycles. The van der Waals surface area contributed by atoms with Gasteiger partial charge in [0.05, 0.1) is 7.11 Å². The average molecular weight is 266 g/mol. The van der Waals surface area contributed by atoms with E-state index in [0.29, 0.717) is 10.7 Å². The van der Waals surface area contributed by atoms with Crippen LogP contribution in [0.1, 0.15) is 5.56 Å². The molecule has 0 aromatic heterocycles. The molecule has 2 rings (SSSR count). The van der Waals surface area contributed by atoms with Crippen molar-refractivity contribution in [3.8, 4) is 5.75 Å². The number of halogens is 2. The first-order chi connectivity index (χ1) is 8.61.